The third-order valence-corrected chi connectivity index (χ3v) is 9.53. The van der Waals surface area contributed by atoms with Gasteiger partial charge in [0.05, 0.1) is 13.0 Å². The van der Waals surface area contributed by atoms with Crippen LogP contribution in [0.15, 0.2) is 54.6 Å². The maximum atomic E-state index is 13.6. The van der Waals surface area contributed by atoms with E-state index in [2.05, 4.69) is 0 Å². The van der Waals surface area contributed by atoms with Gasteiger partial charge in [0.2, 0.25) is 6.29 Å². The quantitative estimate of drug-likeness (QED) is 0.127. The Labute approximate surface area is 293 Å². The molecule has 0 saturated carbocycles. The largest absolute Gasteiger partial charge is 0.508 e. The Kier molecular flexibility index (Phi) is 8.80. The standard InChI is InChI=1S/C36H34O16/c37-12-28-32(46)33(47)34(48)36(52-28)51-27-8-15(38)7-26-30(27)16(9-24(49-26)13-1-3-17(39)19(41)5-13)29-21(43)10-22(44)31-23(45)11-25(50-35(29)31)14-2-4-18(40)20(42)6-14/h1-8,10,16,24-25,28,32-34,36-44,46-48H,9,11-12H2/t16-,24-,25-,28+,32+,33-,34+,36+/m0/s1. The summed E-state index contributed by atoms with van der Waals surface area (Å²) >= 11 is 0. The molecule has 0 aromatic heterocycles. The predicted molar refractivity (Wildman–Crippen MR) is 174 cm³/mol. The van der Waals surface area contributed by atoms with E-state index in [4.69, 9.17) is 18.9 Å². The molecular weight excluding hydrogens is 688 g/mol. The molecule has 52 heavy (non-hydrogen) atoms. The molecule has 4 aromatic rings. The first-order valence-corrected chi connectivity index (χ1v) is 16.1. The maximum Gasteiger partial charge on any atom is 0.229 e. The number of phenolic OH excluding ortho intramolecular Hbond substituents is 7. The second-order valence-corrected chi connectivity index (χ2v) is 12.8. The number of aromatic hydroxyl groups is 7. The Hall–Kier alpha value is -5.65. The van der Waals surface area contributed by atoms with Crippen LogP contribution in [0.2, 0.25) is 0 Å². The molecule has 16 heteroatoms. The number of rotatable bonds is 6. The fraction of sp³-hybridized carbons (Fsp3) is 0.306. The number of aliphatic hydroxyl groups is 4. The van der Waals surface area contributed by atoms with Crippen LogP contribution in [0.25, 0.3) is 0 Å². The minimum Gasteiger partial charge on any atom is -0.508 e. The van der Waals surface area contributed by atoms with Gasteiger partial charge in [-0.1, -0.05) is 12.1 Å². The molecule has 3 aliphatic heterocycles. The third-order valence-electron chi connectivity index (χ3n) is 9.53. The van der Waals surface area contributed by atoms with E-state index < -0.39 is 101 Å². The molecular formula is C36H34O16. The average Bonchev–Trinajstić information content (AvgIpc) is 3.10. The summed E-state index contributed by atoms with van der Waals surface area (Å²) in [6.45, 7) is -0.755. The van der Waals surface area contributed by atoms with Crippen molar-refractivity contribution in [2.24, 2.45) is 0 Å². The molecule has 0 aliphatic carbocycles. The Bertz CT molecular complexity index is 2050. The van der Waals surface area contributed by atoms with E-state index in [-0.39, 0.29) is 52.3 Å². The molecule has 0 radical (unpaired) electrons. The number of ether oxygens (including phenoxy) is 4. The van der Waals surface area contributed by atoms with Crippen molar-refractivity contribution >= 4 is 5.78 Å². The van der Waals surface area contributed by atoms with E-state index in [1.54, 1.807) is 0 Å². The van der Waals surface area contributed by atoms with Crippen LogP contribution in [0.3, 0.4) is 0 Å². The molecule has 4 aromatic carbocycles. The Morgan fingerprint density at radius 3 is 1.96 bits per heavy atom. The summed E-state index contributed by atoms with van der Waals surface area (Å²) in [6, 6.07) is 11.1. The van der Waals surface area contributed by atoms with Crippen molar-refractivity contribution < 1.29 is 79.9 Å². The number of hydrogen-bond donors (Lipinski definition) is 11. The Morgan fingerprint density at radius 2 is 1.33 bits per heavy atom. The van der Waals surface area contributed by atoms with E-state index in [1.165, 1.54) is 42.5 Å². The number of Topliss-reactive ketones (excluding diaryl/α,β-unsaturated/α-hetero) is 1. The van der Waals surface area contributed by atoms with E-state index >= 15 is 0 Å². The molecule has 8 atom stereocenters. The average molecular weight is 723 g/mol. The normalized spacial score (nSPS) is 26.8. The lowest BCUT2D eigenvalue weighted by Crippen LogP contribution is -2.60. The number of ketones is 1. The van der Waals surface area contributed by atoms with Gasteiger partial charge in [-0.15, -0.1) is 0 Å². The van der Waals surface area contributed by atoms with Crippen molar-refractivity contribution in [3.63, 3.8) is 0 Å². The van der Waals surface area contributed by atoms with Gasteiger partial charge < -0.3 is 75.1 Å². The summed E-state index contributed by atoms with van der Waals surface area (Å²) in [6.07, 6.45) is -10.9. The molecule has 3 aliphatic rings. The maximum absolute atomic E-state index is 13.6. The first-order valence-electron chi connectivity index (χ1n) is 16.1. The van der Waals surface area contributed by atoms with Gasteiger partial charge in [-0.25, -0.2) is 0 Å². The fourth-order valence-corrected chi connectivity index (χ4v) is 6.91. The lowest BCUT2D eigenvalue weighted by atomic mass is 9.79. The summed E-state index contributed by atoms with van der Waals surface area (Å²) in [5.74, 6) is -5.56. The van der Waals surface area contributed by atoms with Crippen LogP contribution in [0.1, 0.15) is 63.6 Å². The zero-order chi connectivity index (χ0) is 37.2. The number of phenols is 7. The monoisotopic (exact) mass is 722 g/mol. The zero-order valence-electron chi connectivity index (χ0n) is 26.9. The summed E-state index contributed by atoms with van der Waals surface area (Å²) in [5.41, 5.74) is 0.388. The molecule has 0 unspecified atom stereocenters. The van der Waals surface area contributed by atoms with Crippen LogP contribution in [0.5, 0.6) is 57.5 Å². The molecule has 7 rings (SSSR count). The summed E-state index contributed by atoms with van der Waals surface area (Å²) in [4.78, 5) is 13.6. The Morgan fingerprint density at radius 1 is 0.673 bits per heavy atom. The van der Waals surface area contributed by atoms with Crippen LogP contribution >= 0.6 is 0 Å². The Balaban J connectivity index is 1.40. The van der Waals surface area contributed by atoms with Crippen LogP contribution in [0.4, 0.5) is 0 Å². The molecule has 0 amide bonds. The minimum absolute atomic E-state index is 0.0585. The first kappa shape index (κ1) is 34.8. The number of hydrogen-bond acceptors (Lipinski definition) is 16. The molecule has 0 spiro atoms. The smallest absolute Gasteiger partial charge is 0.229 e. The highest BCUT2D eigenvalue weighted by Gasteiger charge is 2.46. The predicted octanol–water partition coefficient (Wildman–Crippen LogP) is 2.17. The lowest BCUT2D eigenvalue weighted by Gasteiger charge is -2.41. The number of carbonyl (C=O) groups is 1. The van der Waals surface area contributed by atoms with Gasteiger partial charge in [0.25, 0.3) is 0 Å². The van der Waals surface area contributed by atoms with Gasteiger partial charge in [-0.2, -0.15) is 0 Å². The van der Waals surface area contributed by atoms with Gasteiger partial charge in [-0.3, -0.25) is 4.79 Å². The number of fused-ring (bicyclic) bond motifs is 2. The van der Waals surface area contributed by atoms with E-state index in [1.807, 2.05) is 0 Å². The van der Waals surface area contributed by atoms with Crippen LogP contribution in [-0.2, 0) is 4.74 Å². The molecule has 3 heterocycles. The number of carbonyl (C=O) groups excluding carboxylic acids is 1. The summed E-state index contributed by atoms with van der Waals surface area (Å²) < 4.78 is 24.1. The topological polar surface area (TPSA) is 277 Å². The van der Waals surface area contributed by atoms with E-state index in [9.17, 15) is 61.0 Å². The SMILES string of the molecule is O=C1C[C@@H](c2ccc(O)c(O)c2)Oc2c1c(O)cc(O)c2[C@@H]1C[C@@H](c2ccc(O)c(O)c2)Oc2cc(O)cc(O[C@@H]3O[C@H](CO)[C@@H](O)[C@H](O)[C@H]3O)c21. The lowest BCUT2D eigenvalue weighted by molar-refractivity contribution is -0.277. The summed E-state index contributed by atoms with van der Waals surface area (Å²) in [5, 5.41) is 115. The minimum atomic E-state index is -1.86. The summed E-state index contributed by atoms with van der Waals surface area (Å²) in [7, 11) is 0. The van der Waals surface area contributed by atoms with Crippen molar-refractivity contribution in [3.8, 4) is 57.5 Å². The van der Waals surface area contributed by atoms with Crippen molar-refractivity contribution in [1.82, 2.24) is 0 Å². The second-order valence-electron chi connectivity index (χ2n) is 12.8. The third kappa shape index (κ3) is 5.95. The van der Waals surface area contributed by atoms with E-state index in [0.717, 1.165) is 12.1 Å². The van der Waals surface area contributed by atoms with Gasteiger partial charge in [0.1, 0.15) is 76.7 Å². The molecule has 0 bridgehead atoms. The highest BCUT2D eigenvalue weighted by Crippen LogP contribution is 2.57. The van der Waals surface area contributed by atoms with Crippen molar-refractivity contribution in [2.45, 2.75) is 61.7 Å². The van der Waals surface area contributed by atoms with Gasteiger partial charge in [-0.05, 0) is 35.4 Å². The molecule has 1 saturated heterocycles. The van der Waals surface area contributed by atoms with Crippen molar-refractivity contribution in [3.05, 3.63) is 82.4 Å². The molecule has 11 N–H and O–H groups in total. The fourth-order valence-electron chi connectivity index (χ4n) is 6.91. The first-order chi connectivity index (χ1) is 24.7. The van der Waals surface area contributed by atoms with Gasteiger partial charge in [0, 0.05) is 41.7 Å². The highest BCUT2D eigenvalue weighted by atomic mass is 16.7. The van der Waals surface area contributed by atoms with Crippen LogP contribution in [0, 0.1) is 0 Å². The van der Waals surface area contributed by atoms with Crippen LogP contribution in [-0.4, -0.2) is 99.3 Å². The van der Waals surface area contributed by atoms with Gasteiger partial charge in [0.15, 0.2) is 28.8 Å². The van der Waals surface area contributed by atoms with Crippen LogP contribution < -0.4 is 14.2 Å². The molecule has 274 valence electrons. The molecule has 1 fully saturated rings. The molecule has 16 nitrogen and oxygen atoms in total. The van der Waals surface area contributed by atoms with Crippen molar-refractivity contribution in [1.29, 1.82) is 0 Å². The highest BCUT2D eigenvalue weighted by molar-refractivity contribution is 6.03. The second kappa shape index (κ2) is 13.2. The zero-order valence-corrected chi connectivity index (χ0v) is 26.9. The van der Waals surface area contributed by atoms with E-state index in [0.29, 0.717) is 5.56 Å². The number of benzene rings is 4. The van der Waals surface area contributed by atoms with Crippen molar-refractivity contribution in [2.75, 3.05) is 6.61 Å². The van der Waals surface area contributed by atoms with Gasteiger partial charge >= 0.3 is 0 Å². The number of aliphatic hydroxyl groups excluding tert-OH is 4.